The third kappa shape index (κ3) is 3.37. The first-order valence-electron chi connectivity index (χ1n) is 6.30. The average molecular weight is 225 g/mol. The molecule has 1 saturated heterocycles. The molecule has 4 nitrogen and oxygen atoms in total. The van der Waals surface area contributed by atoms with Gasteiger partial charge >= 0.3 is 6.03 Å². The van der Waals surface area contributed by atoms with Crippen LogP contribution in [0.5, 0.6) is 0 Å². The summed E-state index contributed by atoms with van der Waals surface area (Å²) < 4.78 is 0. The zero-order valence-corrected chi connectivity index (χ0v) is 10.4. The van der Waals surface area contributed by atoms with Crippen LogP contribution in [0.2, 0.25) is 0 Å². The van der Waals surface area contributed by atoms with Crippen molar-refractivity contribution in [3.63, 3.8) is 0 Å². The molecule has 2 amide bonds. The van der Waals surface area contributed by atoms with Crippen LogP contribution in [0.3, 0.4) is 0 Å². The highest BCUT2D eigenvalue weighted by Gasteiger charge is 2.30. The first kappa shape index (κ1) is 11.7. The normalized spacial score (nSPS) is 25.1. The highest BCUT2D eigenvalue weighted by Crippen LogP contribution is 2.29. The molecule has 2 rings (SSSR count). The topological polar surface area (TPSA) is 44.4 Å². The largest absolute Gasteiger partial charge is 0.338 e. The Labute approximate surface area is 97.8 Å². The number of hydrogen-bond acceptors (Lipinski definition) is 2. The lowest BCUT2D eigenvalue weighted by Gasteiger charge is -2.37. The molecule has 2 aliphatic rings. The van der Waals surface area contributed by atoms with Crippen molar-refractivity contribution in [2.75, 3.05) is 26.7 Å². The summed E-state index contributed by atoms with van der Waals surface area (Å²) in [5.74, 6) is 0. The number of urea groups is 1. The van der Waals surface area contributed by atoms with Gasteiger partial charge in [-0.15, -0.1) is 0 Å². The molecule has 0 unspecified atom stereocenters. The van der Waals surface area contributed by atoms with Gasteiger partial charge in [0.05, 0.1) is 0 Å². The van der Waals surface area contributed by atoms with Crippen molar-refractivity contribution >= 4 is 6.03 Å². The molecule has 0 radical (unpaired) electrons. The number of carbonyl (C=O) groups excluding carboxylic acids is 1. The number of carbonyl (C=O) groups is 1. The van der Waals surface area contributed by atoms with Crippen molar-refractivity contribution in [3.8, 4) is 0 Å². The molecule has 1 aliphatic heterocycles. The maximum atomic E-state index is 11.5. The molecule has 0 aromatic heterocycles. The Kier molecular flexibility index (Phi) is 3.38. The second kappa shape index (κ2) is 4.62. The first-order chi connectivity index (χ1) is 7.57. The van der Waals surface area contributed by atoms with E-state index >= 15 is 0 Å². The highest BCUT2D eigenvalue weighted by molar-refractivity contribution is 5.74. The van der Waals surface area contributed by atoms with Gasteiger partial charge in [-0.2, -0.15) is 0 Å². The number of hydrogen-bond donors (Lipinski definition) is 2. The number of rotatable bonds is 3. The molecule has 4 heteroatoms. The maximum absolute atomic E-state index is 11.5. The molecule has 0 aromatic carbocycles. The minimum Gasteiger partial charge on any atom is -0.338 e. The molecule has 0 atom stereocenters. The van der Waals surface area contributed by atoms with Crippen LogP contribution >= 0.6 is 0 Å². The molecule has 0 aromatic rings. The van der Waals surface area contributed by atoms with Crippen LogP contribution in [0.25, 0.3) is 0 Å². The second-order valence-electron chi connectivity index (χ2n) is 5.72. The van der Waals surface area contributed by atoms with Crippen LogP contribution in [-0.4, -0.2) is 43.7 Å². The van der Waals surface area contributed by atoms with E-state index in [2.05, 4.69) is 29.5 Å². The molecule has 1 heterocycles. The summed E-state index contributed by atoms with van der Waals surface area (Å²) in [7, 11) is 2.16. The van der Waals surface area contributed by atoms with Crippen molar-refractivity contribution in [2.24, 2.45) is 5.41 Å². The Morgan fingerprint density at radius 3 is 2.56 bits per heavy atom. The quantitative estimate of drug-likeness (QED) is 0.757. The molecule has 92 valence electrons. The third-order valence-corrected chi connectivity index (χ3v) is 3.78. The fourth-order valence-electron chi connectivity index (χ4n) is 2.09. The van der Waals surface area contributed by atoms with E-state index in [9.17, 15) is 4.79 Å². The van der Waals surface area contributed by atoms with Crippen molar-refractivity contribution < 1.29 is 4.79 Å². The van der Waals surface area contributed by atoms with Crippen LogP contribution in [0.1, 0.15) is 32.6 Å². The van der Waals surface area contributed by atoms with Crippen molar-refractivity contribution in [1.29, 1.82) is 0 Å². The summed E-state index contributed by atoms with van der Waals surface area (Å²) in [6.45, 7) is 5.36. The molecule has 16 heavy (non-hydrogen) atoms. The van der Waals surface area contributed by atoms with E-state index in [-0.39, 0.29) is 11.4 Å². The van der Waals surface area contributed by atoms with Gasteiger partial charge in [-0.1, -0.05) is 6.92 Å². The van der Waals surface area contributed by atoms with E-state index in [1.165, 1.54) is 12.8 Å². The van der Waals surface area contributed by atoms with E-state index < -0.39 is 0 Å². The lowest BCUT2D eigenvalue weighted by Crippen LogP contribution is -2.46. The van der Waals surface area contributed by atoms with Gasteiger partial charge in [0, 0.05) is 12.6 Å². The number of piperidine rings is 1. The van der Waals surface area contributed by atoms with Crippen LogP contribution in [-0.2, 0) is 0 Å². The van der Waals surface area contributed by atoms with Crippen LogP contribution in [0.4, 0.5) is 4.79 Å². The Morgan fingerprint density at radius 1 is 1.38 bits per heavy atom. The predicted molar refractivity (Wildman–Crippen MR) is 64.4 cm³/mol. The van der Waals surface area contributed by atoms with Gasteiger partial charge in [0.15, 0.2) is 0 Å². The molecule has 2 N–H and O–H groups in total. The van der Waals surface area contributed by atoms with Crippen LogP contribution in [0, 0.1) is 5.41 Å². The number of nitrogens with one attached hydrogen (secondary N) is 2. The molecule has 0 spiro atoms. The molecule has 1 saturated carbocycles. The van der Waals surface area contributed by atoms with E-state index in [0.29, 0.717) is 6.04 Å². The van der Waals surface area contributed by atoms with Gasteiger partial charge in [-0.25, -0.2) is 4.79 Å². The summed E-state index contributed by atoms with van der Waals surface area (Å²) >= 11 is 0. The summed E-state index contributed by atoms with van der Waals surface area (Å²) in [4.78, 5) is 13.9. The van der Waals surface area contributed by atoms with E-state index in [0.717, 1.165) is 32.5 Å². The number of amides is 2. The molecular formula is C12H23N3O. The first-order valence-corrected chi connectivity index (χ1v) is 6.30. The molecule has 0 bridgehead atoms. The van der Waals surface area contributed by atoms with E-state index in [1.807, 2.05) is 0 Å². The monoisotopic (exact) mass is 225 g/mol. The van der Waals surface area contributed by atoms with Crippen LogP contribution < -0.4 is 10.6 Å². The van der Waals surface area contributed by atoms with Crippen molar-refractivity contribution in [2.45, 2.75) is 38.6 Å². The van der Waals surface area contributed by atoms with Gasteiger partial charge < -0.3 is 15.5 Å². The maximum Gasteiger partial charge on any atom is 0.315 e. The van der Waals surface area contributed by atoms with Gasteiger partial charge in [-0.05, 0) is 51.2 Å². The fraction of sp³-hybridized carbons (Fsp3) is 0.917. The summed E-state index contributed by atoms with van der Waals surface area (Å²) in [5, 5.41) is 5.97. The smallest absolute Gasteiger partial charge is 0.315 e. The lowest BCUT2D eigenvalue weighted by atomic mass is 9.80. The van der Waals surface area contributed by atoms with Gasteiger partial charge in [0.25, 0.3) is 0 Å². The summed E-state index contributed by atoms with van der Waals surface area (Å²) in [5.41, 5.74) is 0.285. The Bertz CT molecular complexity index is 255. The average Bonchev–Trinajstić information content (AvgIpc) is 3.04. The zero-order valence-electron chi connectivity index (χ0n) is 10.4. The third-order valence-electron chi connectivity index (χ3n) is 3.78. The van der Waals surface area contributed by atoms with E-state index in [4.69, 9.17) is 0 Å². The van der Waals surface area contributed by atoms with Crippen molar-refractivity contribution in [1.82, 2.24) is 15.5 Å². The molecule has 1 aliphatic carbocycles. The minimum absolute atomic E-state index is 0.0163. The summed E-state index contributed by atoms with van der Waals surface area (Å²) in [6, 6.07) is 0.466. The minimum atomic E-state index is 0.0163. The van der Waals surface area contributed by atoms with Crippen molar-refractivity contribution in [3.05, 3.63) is 0 Å². The number of likely N-dealkylation sites (tertiary alicyclic amines) is 1. The highest BCUT2D eigenvalue weighted by atomic mass is 16.2. The van der Waals surface area contributed by atoms with Gasteiger partial charge in [0.1, 0.15) is 0 Å². The second-order valence-corrected chi connectivity index (χ2v) is 5.72. The Hall–Kier alpha value is -0.770. The fourth-order valence-corrected chi connectivity index (χ4v) is 2.09. The predicted octanol–water partition coefficient (Wildman–Crippen LogP) is 1.18. The van der Waals surface area contributed by atoms with E-state index in [1.54, 1.807) is 0 Å². The van der Waals surface area contributed by atoms with Crippen LogP contribution in [0.15, 0.2) is 0 Å². The Balaban J connectivity index is 1.69. The summed E-state index contributed by atoms with van der Waals surface area (Å²) in [6.07, 6.45) is 4.64. The van der Waals surface area contributed by atoms with Gasteiger partial charge in [-0.3, -0.25) is 0 Å². The SMILES string of the molecule is CN1CCC(C)(CNC(=O)NC2CC2)CC1. The lowest BCUT2D eigenvalue weighted by molar-refractivity contribution is 0.138. The molecular weight excluding hydrogens is 202 g/mol. The zero-order chi connectivity index (χ0) is 11.6. The number of nitrogens with zero attached hydrogens (tertiary/aromatic N) is 1. The van der Waals surface area contributed by atoms with Gasteiger partial charge in [0.2, 0.25) is 0 Å². The standard InChI is InChI=1S/C12H23N3O/c1-12(5-7-15(2)8-6-12)9-13-11(16)14-10-3-4-10/h10H,3-9H2,1-2H3,(H2,13,14,16). The Morgan fingerprint density at radius 2 is 2.00 bits per heavy atom. The molecule has 2 fully saturated rings.